The number of thiophene rings is 1. The molecule has 0 atom stereocenters. The molecule has 4 N–H and O–H groups in total. The van der Waals surface area contributed by atoms with Gasteiger partial charge in [0.15, 0.2) is 0 Å². The maximum atomic E-state index is 9.16. The van der Waals surface area contributed by atoms with Gasteiger partial charge in [0.05, 0.1) is 5.00 Å². The summed E-state index contributed by atoms with van der Waals surface area (Å²) in [5.74, 6) is 0. The number of nitrogen functional groups attached to an aromatic ring is 1. The van der Waals surface area contributed by atoms with Gasteiger partial charge in [0, 0.05) is 10.2 Å². The van der Waals surface area contributed by atoms with Crippen molar-refractivity contribution < 1.29 is 10.0 Å². The van der Waals surface area contributed by atoms with Gasteiger partial charge < -0.3 is 15.8 Å². The van der Waals surface area contributed by atoms with Crippen molar-refractivity contribution in [1.29, 1.82) is 0 Å². The maximum absolute atomic E-state index is 9.16. The van der Waals surface area contributed by atoms with E-state index in [1.807, 2.05) is 25.1 Å². The molecule has 0 unspecified atom stereocenters. The molecule has 72 valence electrons. The van der Waals surface area contributed by atoms with E-state index in [0.717, 1.165) is 15.6 Å². The predicted octanol–water partition coefficient (Wildman–Crippen LogP) is 0.472. The summed E-state index contributed by atoms with van der Waals surface area (Å²) in [6.45, 7) is 1.96. The third-order valence-corrected chi connectivity index (χ3v) is 3.18. The highest BCUT2D eigenvalue weighted by Gasteiger charge is 2.20. The average Bonchev–Trinajstić information content (AvgIpc) is 2.40. The summed E-state index contributed by atoms with van der Waals surface area (Å²) in [5, 5.41) is 19.6. The summed E-state index contributed by atoms with van der Waals surface area (Å²) in [4.78, 5) is 0. The van der Waals surface area contributed by atoms with E-state index in [1.54, 1.807) is 0 Å². The van der Waals surface area contributed by atoms with Crippen LogP contribution in [0.1, 0.15) is 5.56 Å². The fourth-order valence-corrected chi connectivity index (χ4v) is 2.49. The molecule has 3 nitrogen and oxygen atoms in total. The van der Waals surface area contributed by atoms with Crippen molar-refractivity contribution in [2.75, 3.05) is 5.73 Å². The molecule has 5 heteroatoms. The number of anilines is 1. The van der Waals surface area contributed by atoms with E-state index in [1.165, 1.54) is 11.3 Å². The highest BCUT2D eigenvalue weighted by molar-refractivity contribution is 7.24. The summed E-state index contributed by atoms with van der Waals surface area (Å²) < 4.78 is 0.983. The zero-order valence-corrected chi connectivity index (χ0v) is 8.51. The molecule has 0 radical (unpaired) electrons. The average molecular weight is 207 g/mol. The normalized spacial score (nSPS) is 10.8. The van der Waals surface area contributed by atoms with Crippen molar-refractivity contribution in [1.82, 2.24) is 0 Å². The fourth-order valence-electron chi connectivity index (χ4n) is 1.52. The van der Waals surface area contributed by atoms with Crippen molar-refractivity contribution >= 4 is 39.0 Å². The molecule has 14 heavy (non-hydrogen) atoms. The first-order valence-corrected chi connectivity index (χ1v) is 5.06. The Hall–Kier alpha value is -1.04. The van der Waals surface area contributed by atoms with Crippen LogP contribution in [0.15, 0.2) is 18.2 Å². The Morgan fingerprint density at radius 2 is 2.07 bits per heavy atom. The number of hydrogen-bond acceptors (Lipinski definition) is 4. The Morgan fingerprint density at radius 1 is 1.36 bits per heavy atom. The highest BCUT2D eigenvalue weighted by Crippen LogP contribution is 2.26. The molecule has 1 aromatic carbocycles. The third kappa shape index (κ3) is 1.39. The number of fused-ring (bicyclic) bond motifs is 1. The lowest BCUT2D eigenvalue weighted by molar-refractivity contribution is 0.426. The van der Waals surface area contributed by atoms with Crippen molar-refractivity contribution in [3.05, 3.63) is 23.8 Å². The van der Waals surface area contributed by atoms with E-state index in [2.05, 4.69) is 0 Å². The Morgan fingerprint density at radius 3 is 2.71 bits per heavy atom. The van der Waals surface area contributed by atoms with Gasteiger partial charge in [-0.05, 0) is 18.4 Å². The van der Waals surface area contributed by atoms with Gasteiger partial charge in [-0.2, -0.15) is 0 Å². The van der Waals surface area contributed by atoms with Crippen molar-refractivity contribution in [3.8, 4) is 0 Å². The van der Waals surface area contributed by atoms with Gasteiger partial charge in [0.1, 0.15) is 0 Å². The Balaban J connectivity index is 2.79. The van der Waals surface area contributed by atoms with Gasteiger partial charge in [0.2, 0.25) is 0 Å². The molecule has 1 aromatic heterocycles. The first-order chi connectivity index (χ1) is 6.59. The van der Waals surface area contributed by atoms with Crippen LogP contribution in [0.25, 0.3) is 10.1 Å². The zero-order chi connectivity index (χ0) is 10.3. The van der Waals surface area contributed by atoms with Crippen LogP contribution in [-0.4, -0.2) is 17.2 Å². The van der Waals surface area contributed by atoms with Gasteiger partial charge in [-0.15, -0.1) is 11.3 Å². The van der Waals surface area contributed by atoms with Gasteiger partial charge >= 0.3 is 7.12 Å². The molecule has 2 aromatic rings. The highest BCUT2D eigenvalue weighted by atomic mass is 32.1. The maximum Gasteiger partial charge on any atom is 0.492 e. The molecular weight excluding hydrogens is 197 g/mol. The van der Waals surface area contributed by atoms with Crippen LogP contribution in [0.5, 0.6) is 0 Å². The van der Waals surface area contributed by atoms with E-state index in [4.69, 9.17) is 15.8 Å². The SMILES string of the molecule is Cc1ccc2sc(N)c(B(O)O)c2c1. The standard InChI is InChI=1S/C9H10BNO2S/c1-5-2-3-7-6(4-5)8(10(12)13)9(11)14-7/h2-4,12-13H,11H2,1H3. The minimum Gasteiger partial charge on any atom is -0.423 e. The van der Waals surface area contributed by atoms with Crippen molar-refractivity contribution in [2.24, 2.45) is 0 Å². The predicted molar refractivity (Wildman–Crippen MR) is 60.8 cm³/mol. The third-order valence-electron chi connectivity index (χ3n) is 2.17. The zero-order valence-electron chi connectivity index (χ0n) is 7.69. The molecule has 0 saturated heterocycles. The quantitative estimate of drug-likeness (QED) is 0.595. The van der Waals surface area contributed by atoms with Crippen LogP contribution in [0.3, 0.4) is 0 Å². The van der Waals surface area contributed by atoms with E-state index < -0.39 is 7.12 Å². The van der Waals surface area contributed by atoms with Gasteiger partial charge in [0.25, 0.3) is 0 Å². The van der Waals surface area contributed by atoms with Crippen LogP contribution in [0, 0.1) is 6.92 Å². The smallest absolute Gasteiger partial charge is 0.423 e. The second kappa shape index (κ2) is 3.27. The lowest BCUT2D eigenvalue weighted by atomic mass is 9.79. The van der Waals surface area contributed by atoms with Crippen molar-refractivity contribution in [3.63, 3.8) is 0 Å². The lowest BCUT2D eigenvalue weighted by Crippen LogP contribution is -2.31. The van der Waals surface area contributed by atoms with Crippen LogP contribution in [-0.2, 0) is 0 Å². The molecule has 0 spiro atoms. The lowest BCUT2D eigenvalue weighted by Gasteiger charge is -1.99. The topological polar surface area (TPSA) is 66.5 Å². The summed E-state index contributed by atoms with van der Waals surface area (Å²) in [7, 11) is -1.49. The number of nitrogens with two attached hydrogens (primary N) is 1. The second-order valence-corrected chi connectivity index (χ2v) is 4.34. The summed E-state index contributed by atoms with van der Waals surface area (Å²) in [6, 6.07) is 5.83. The Labute approximate surface area is 85.9 Å². The van der Waals surface area contributed by atoms with Crippen molar-refractivity contribution in [2.45, 2.75) is 6.92 Å². The fraction of sp³-hybridized carbons (Fsp3) is 0.111. The van der Waals surface area contributed by atoms with E-state index >= 15 is 0 Å². The van der Waals surface area contributed by atoms with E-state index in [-0.39, 0.29) is 0 Å². The first-order valence-electron chi connectivity index (χ1n) is 4.24. The number of aryl methyl sites for hydroxylation is 1. The molecule has 0 bridgehead atoms. The Kier molecular flexibility index (Phi) is 2.22. The molecular formula is C9H10BNO2S. The number of benzene rings is 1. The van der Waals surface area contributed by atoms with Crippen LogP contribution in [0.4, 0.5) is 5.00 Å². The summed E-state index contributed by atoms with van der Waals surface area (Å²) >= 11 is 1.37. The second-order valence-electron chi connectivity index (χ2n) is 3.25. The molecule has 0 aliphatic heterocycles. The molecule has 0 amide bonds. The van der Waals surface area contributed by atoms with Gasteiger partial charge in [-0.1, -0.05) is 17.7 Å². The minimum atomic E-state index is -1.49. The Bertz CT molecular complexity index is 481. The van der Waals surface area contributed by atoms with E-state index in [0.29, 0.717) is 10.5 Å². The van der Waals surface area contributed by atoms with Gasteiger partial charge in [-0.25, -0.2) is 0 Å². The molecule has 2 rings (SSSR count). The largest absolute Gasteiger partial charge is 0.492 e. The monoisotopic (exact) mass is 207 g/mol. The number of rotatable bonds is 1. The number of hydrogen-bond donors (Lipinski definition) is 3. The summed E-state index contributed by atoms with van der Waals surface area (Å²) in [5.41, 5.74) is 7.21. The minimum absolute atomic E-state index is 0.425. The van der Waals surface area contributed by atoms with Crippen LogP contribution >= 0.6 is 11.3 Å². The summed E-state index contributed by atoms with van der Waals surface area (Å²) in [6.07, 6.45) is 0. The molecule has 0 fully saturated rings. The molecule has 0 saturated carbocycles. The molecule has 1 heterocycles. The first kappa shape index (κ1) is 9.52. The molecule has 0 aliphatic carbocycles. The van der Waals surface area contributed by atoms with Crippen LogP contribution < -0.4 is 11.2 Å². The van der Waals surface area contributed by atoms with E-state index in [9.17, 15) is 0 Å². The van der Waals surface area contributed by atoms with Crippen LogP contribution in [0.2, 0.25) is 0 Å². The van der Waals surface area contributed by atoms with Gasteiger partial charge in [-0.3, -0.25) is 0 Å². The molecule has 0 aliphatic rings.